The van der Waals surface area contributed by atoms with Crippen LogP contribution in [0, 0.1) is 0 Å². The van der Waals surface area contributed by atoms with Gasteiger partial charge >= 0.3 is 0 Å². The predicted molar refractivity (Wildman–Crippen MR) is 191 cm³/mol. The number of methoxy groups -OCH3 is 2. The number of nitrogens with one attached hydrogen (secondary N) is 3. The van der Waals surface area contributed by atoms with Gasteiger partial charge in [0.15, 0.2) is 23.0 Å². The number of nitrogens with zero attached hydrogens (tertiary/aromatic N) is 2. The Bertz CT molecular complexity index is 2450. The van der Waals surface area contributed by atoms with Gasteiger partial charge in [0.05, 0.1) is 42.3 Å². The van der Waals surface area contributed by atoms with Gasteiger partial charge < -0.3 is 49.5 Å². The van der Waals surface area contributed by atoms with E-state index in [0.717, 1.165) is 11.8 Å². The highest BCUT2D eigenvalue weighted by Gasteiger charge is 2.38. The lowest BCUT2D eigenvalue weighted by Crippen LogP contribution is -2.30. The Labute approximate surface area is 292 Å². The lowest BCUT2D eigenvalue weighted by atomic mass is 9.98. The lowest BCUT2D eigenvalue weighted by molar-refractivity contribution is 0.0977. The molecule has 3 aromatic carbocycles. The van der Waals surface area contributed by atoms with Crippen molar-refractivity contribution in [3.63, 3.8) is 0 Å². The third-order valence-corrected chi connectivity index (χ3v) is 10.6. The van der Waals surface area contributed by atoms with Crippen LogP contribution < -0.4 is 19.3 Å². The Morgan fingerprint density at radius 2 is 1.60 bits per heavy atom. The van der Waals surface area contributed by atoms with E-state index in [4.69, 9.17) is 21.1 Å². The van der Waals surface area contributed by atoms with Gasteiger partial charge in [-0.1, -0.05) is 11.8 Å². The van der Waals surface area contributed by atoms with Gasteiger partial charge in [-0.2, -0.15) is 0 Å². The molecule has 1 atom stereocenters. The molecule has 0 saturated heterocycles. The van der Waals surface area contributed by atoms with E-state index in [1.54, 1.807) is 30.5 Å². The van der Waals surface area contributed by atoms with Gasteiger partial charge in [-0.25, -0.2) is 0 Å². The van der Waals surface area contributed by atoms with Gasteiger partial charge in [0.1, 0.15) is 17.1 Å². The Kier molecular flexibility index (Phi) is 7.35. The maximum atomic E-state index is 14.2. The van der Waals surface area contributed by atoms with Crippen LogP contribution in [0.15, 0.2) is 36.4 Å². The number of halogens is 1. The van der Waals surface area contributed by atoms with E-state index in [-0.39, 0.29) is 81.7 Å². The molecule has 0 spiro atoms. The summed E-state index contributed by atoms with van der Waals surface area (Å²) in [5.41, 5.74) is 4.31. The average molecular weight is 716 g/mol. The summed E-state index contributed by atoms with van der Waals surface area (Å²) in [4.78, 5) is 52.8. The summed E-state index contributed by atoms with van der Waals surface area (Å²) in [6, 6.07) is 9.59. The van der Waals surface area contributed by atoms with Crippen LogP contribution in [-0.4, -0.2) is 86.6 Å². The maximum absolute atomic E-state index is 14.2. The largest absolute Gasteiger partial charge is 0.506 e. The highest BCUT2D eigenvalue weighted by Crippen LogP contribution is 2.50. The van der Waals surface area contributed by atoms with E-state index in [0.29, 0.717) is 61.6 Å². The fraction of sp³-hybridized carbons (Fsp3) is 0.229. The summed E-state index contributed by atoms with van der Waals surface area (Å²) in [5, 5.41) is 34.5. The number of ether oxygens (including phenoxy) is 2. The molecule has 256 valence electrons. The second-order valence-corrected chi connectivity index (χ2v) is 13.3. The minimum absolute atomic E-state index is 0.0573. The SMILES string of the molecule is COc1cc2[nH]c(C(=O)N3C[C@@H](CCl)c4c3cc(O)c3[nH]c(C(=O)N5CCc6c5c(O)c(OC)c5[nH]c(C(=O)SC)cc65)cc43)cc2cc1O. The number of phenols is 3. The van der Waals surface area contributed by atoms with Gasteiger partial charge in [0, 0.05) is 58.7 Å². The monoisotopic (exact) mass is 715 g/mol. The molecule has 0 radical (unpaired) electrons. The summed E-state index contributed by atoms with van der Waals surface area (Å²) >= 11 is 7.52. The quantitative estimate of drug-likeness (QED) is 0.113. The number of thioether (sulfide) groups is 1. The van der Waals surface area contributed by atoms with Crippen molar-refractivity contribution in [3.8, 4) is 28.7 Å². The van der Waals surface area contributed by atoms with E-state index < -0.39 is 5.91 Å². The normalized spacial score (nSPS) is 15.3. The Balaban J connectivity index is 1.18. The number of fused-ring (bicyclic) bond motifs is 7. The Morgan fingerprint density at radius 1 is 0.880 bits per heavy atom. The predicted octanol–water partition coefficient (Wildman–Crippen LogP) is 5.95. The molecule has 8 rings (SSSR count). The van der Waals surface area contributed by atoms with Crippen LogP contribution in [0.2, 0.25) is 0 Å². The second-order valence-electron chi connectivity index (χ2n) is 12.2. The number of carbonyl (C=O) groups is 3. The summed E-state index contributed by atoms with van der Waals surface area (Å²) in [7, 11) is 2.84. The van der Waals surface area contributed by atoms with E-state index in [1.165, 1.54) is 36.2 Å². The summed E-state index contributed by atoms with van der Waals surface area (Å²) in [6.07, 6.45) is 2.10. The molecular weight excluding hydrogens is 686 g/mol. The number of benzene rings is 3. The second kappa shape index (κ2) is 11.6. The molecule has 2 aliphatic heterocycles. The molecule has 5 heterocycles. The molecule has 0 unspecified atom stereocenters. The number of amides is 2. The van der Waals surface area contributed by atoms with Crippen molar-refractivity contribution in [1.29, 1.82) is 0 Å². The number of alkyl halides is 1. The molecule has 3 aromatic heterocycles. The highest BCUT2D eigenvalue weighted by molar-refractivity contribution is 8.13. The van der Waals surface area contributed by atoms with Crippen molar-refractivity contribution in [2.24, 2.45) is 0 Å². The number of aromatic amines is 3. The first kappa shape index (κ1) is 31.8. The van der Waals surface area contributed by atoms with Gasteiger partial charge in [-0.3, -0.25) is 14.4 Å². The summed E-state index contributed by atoms with van der Waals surface area (Å²) < 4.78 is 10.7. The Morgan fingerprint density at radius 3 is 2.32 bits per heavy atom. The fourth-order valence-corrected chi connectivity index (χ4v) is 7.95. The first-order valence-electron chi connectivity index (χ1n) is 15.6. The van der Waals surface area contributed by atoms with E-state index in [1.807, 2.05) is 0 Å². The van der Waals surface area contributed by atoms with Crippen LogP contribution >= 0.6 is 23.4 Å². The number of aromatic hydroxyl groups is 3. The van der Waals surface area contributed by atoms with E-state index >= 15 is 0 Å². The van der Waals surface area contributed by atoms with E-state index in [2.05, 4.69) is 15.0 Å². The molecule has 2 aliphatic rings. The first-order chi connectivity index (χ1) is 24.1. The molecule has 0 bridgehead atoms. The number of carbonyl (C=O) groups excluding carboxylic acids is 3. The summed E-state index contributed by atoms with van der Waals surface area (Å²) in [6.45, 7) is 0.483. The van der Waals surface area contributed by atoms with Crippen molar-refractivity contribution in [2.75, 3.05) is 49.2 Å². The number of anilines is 2. The first-order valence-corrected chi connectivity index (χ1v) is 17.3. The van der Waals surface area contributed by atoms with Crippen LogP contribution in [0.25, 0.3) is 32.7 Å². The zero-order chi connectivity index (χ0) is 35.2. The minimum atomic E-state index is -0.453. The molecule has 0 fully saturated rings. The molecule has 6 N–H and O–H groups in total. The van der Waals surface area contributed by atoms with Gasteiger partial charge in [0.25, 0.3) is 11.8 Å². The van der Waals surface area contributed by atoms with Crippen LogP contribution in [-0.2, 0) is 6.42 Å². The van der Waals surface area contributed by atoms with Gasteiger partial charge in [0.2, 0.25) is 5.12 Å². The molecule has 50 heavy (non-hydrogen) atoms. The standard InChI is InChI=1S/C35H30ClN5O8S/c1-48-26-10-19-14(7-24(26)42)6-20(37-19)34(46)41-13-15(12-36)27-18-9-21(38-28(18)25(43)11-23(27)41)33(45)40-5-4-16-17-8-22(35(47)50-3)39-29(17)32(49-2)31(44)30(16)40/h6-11,15,37-39,42-44H,4-5,12-13H2,1-3H3/t15-/m1/s1. The average Bonchev–Trinajstić information content (AvgIpc) is 3.94. The minimum Gasteiger partial charge on any atom is -0.506 e. The van der Waals surface area contributed by atoms with Gasteiger partial charge in [-0.05, 0) is 48.1 Å². The van der Waals surface area contributed by atoms with E-state index in [9.17, 15) is 29.7 Å². The Hall–Kier alpha value is -5.47. The molecule has 15 heteroatoms. The number of phenolic OH excluding ortho intramolecular Hbond substituents is 3. The zero-order valence-corrected chi connectivity index (χ0v) is 28.5. The molecule has 0 aliphatic carbocycles. The molecule has 13 nitrogen and oxygen atoms in total. The van der Waals surface area contributed by atoms with Crippen LogP contribution in [0.5, 0.6) is 28.7 Å². The smallest absolute Gasteiger partial charge is 0.274 e. The third-order valence-electron chi connectivity index (χ3n) is 9.63. The fourth-order valence-electron chi connectivity index (χ4n) is 7.37. The van der Waals surface area contributed by atoms with Crippen molar-refractivity contribution < 1.29 is 39.2 Å². The van der Waals surface area contributed by atoms with Crippen LogP contribution in [0.4, 0.5) is 11.4 Å². The lowest BCUT2D eigenvalue weighted by Gasteiger charge is -2.19. The van der Waals surface area contributed by atoms with Crippen molar-refractivity contribution in [1.82, 2.24) is 15.0 Å². The molecule has 6 aromatic rings. The number of aromatic nitrogens is 3. The topological polar surface area (TPSA) is 184 Å². The summed E-state index contributed by atoms with van der Waals surface area (Å²) in [5.74, 6) is -1.03. The number of hydrogen-bond donors (Lipinski definition) is 6. The van der Waals surface area contributed by atoms with Crippen molar-refractivity contribution >= 4 is 84.4 Å². The van der Waals surface area contributed by atoms with Crippen LogP contribution in [0.3, 0.4) is 0 Å². The molecular formula is C35H30ClN5O8S. The maximum Gasteiger partial charge on any atom is 0.274 e. The van der Waals surface area contributed by atoms with Gasteiger partial charge in [-0.15, -0.1) is 11.6 Å². The third kappa shape index (κ3) is 4.51. The van der Waals surface area contributed by atoms with Crippen LogP contribution in [0.1, 0.15) is 48.5 Å². The van der Waals surface area contributed by atoms with Crippen molar-refractivity contribution in [2.45, 2.75) is 12.3 Å². The number of rotatable bonds is 6. The number of H-pyrrole nitrogens is 3. The highest BCUT2D eigenvalue weighted by atomic mass is 35.5. The molecule has 2 amide bonds. The molecule has 0 saturated carbocycles. The number of hydrogen-bond acceptors (Lipinski definition) is 9. The van der Waals surface area contributed by atoms with Crippen molar-refractivity contribution in [3.05, 3.63) is 64.6 Å². The zero-order valence-electron chi connectivity index (χ0n) is 26.9.